The molecule has 102 valence electrons. The molecule has 0 saturated heterocycles. The third kappa shape index (κ3) is 2.16. The van der Waals surface area contributed by atoms with Gasteiger partial charge in [0.05, 0.1) is 0 Å². The van der Waals surface area contributed by atoms with Crippen molar-refractivity contribution in [1.29, 1.82) is 0 Å². The molecule has 0 spiro atoms. The van der Waals surface area contributed by atoms with Crippen LogP contribution >= 0.6 is 0 Å². The molecule has 1 atom stereocenters. The van der Waals surface area contributed by atoms with Crippen LogP contribution in [0.1, 0.15) is 46.7 Å². The summed E-state index contributed by atoms with van der Waals surface area (Å²) in [4.78, 5) is 0. The van der Waals surface area contributed by atoms with Gasteiger partial charge in [-0.2, -0.15) is 0 Å². The average molecular weight is 263 g/mol. The number of benzene rings is 2. The lowest BCUT2D eigenvalue weighted by atomic mass is 10.1. The molecule has 0 aliphatic heterocycles. The van der Waals surface area contributed by atoms with Gasteiger partial charge in [-0.15, -0.1) is 0 Å². The van der Waals surface area contributed by atoms with E-state index in [4.69, 9.17) is 0 Å². The molecule has 4 rings (SSSR count). The van der Waals surface area contributed by atoms with Crippen molar-refractivity contribution in [3.63, 3.8) is 0 Å². The van der Waals surface area contributed by atoms with Crippen molar-refractivity contribution < 1.29 is 0 Å². The number of nitrogens with one attached hydrogen (secondary N) is 1. The first-order valence-corrected chi connectivity index (χ1v) is 7.82. The van der Waals surface area contributed by atoms with E-state index >= 15 is 0 Å². The van der Waals surface area contributed by atoms with Crippen LogP contribution in [0.2, 0.25) is 0 Å². The fraction of sp³-hybridized carbons (Fsp3) is 0.368. The van der Waals surface area contributed by atoms with E-state index in [2.05, 4.69) is 47.8 Å². The quantitative estimate of drug-likeness (QED) is 0.884. The van der Waals surface area contributed by atoms with Gasteiger partial charge in [0, 0.05) is 12.6 Å². The zero-order valence-electron chi connectivity index (χ0n) is 11.9. The number of aryl methyl sites for hydroxylation is 3. The van der Waals surface area contributed by atoms with Gasteiger partial charge in [-0.3, -0.25) is 0 Å². The topological polar surface area (TPSA) is 12.0 Å². The summed E-state index contributed by atoms with van der Waals surface area (Å²) in [6.07, 6.45) is 6.35. The van der Waals surface area contributed by atoms with Crippen LogP contribution in [0, 0.1) is 0 Å². The number of hydrogen-bond acceptors (Lipinski definition) is 1. The third-order valence-corrected chi connectivity index (χ3v) is 4.85. The summed E-state index contributed by atoms with van der Waals surface area (Å²) >= 11 is 0. The SMILES string of the molecule is c1ccc2c(c1)CCC2NCc1ccc2c(c1)CCC2. The number of fused-ring (bicyclic) bond motifs is 2. The summed E-state index contributed by atoms with van der Waals surface area (Å²) in [6.45, 7) is 0.992. The van der Waals surface area contributed by atoms with E-state index in [-0.39, 0.29) is 0 Å². The van der Waals surface area contributed by atoms with Gasteiger partial charge in [0.1, 0.15) is 0 Å². The molecule has 2 aromatic carbocycles. The summed E-state index contributed by atoms with van der Waals surface area (Å²) in [5.74, 6) is 0. The van der Waals surface area contributed by atoms with Gasteiger partial charge in [-0.25, -0.2) is 0 Å². The van der Waals surface area contributed by atoms with E-state index < -0.39 is 0 Å². The van der Waals surface area contributed by atoms with Crippen LogP contribution in [0.25, 0.3) is 0 Å². The first kappa shape index (κ1) is 12.2. The molecule has 2 aliphatic carbocycles. The van der Waals surface area contributed by atoms with Gasteiger partial charge in [-0.1, -0.05) is 42.5 Å². The highest BCUT2D eigenvalue weighted by atomic mass is 14.9. The van der Waals surface area contributed by atoms with Crippen molar-refractivity contribution in [1.82, 2.24) is 5.32 Å². The molecule has 0 bridgehead atoms. The zero-order valence-corrected chi connectivity index (χ0v) is 11.9. The Morgan fingerprint density at radius 2 is 1.80 bits per heavy atom. The van der Waals surface area contributed by atoms with Crippen molar-refractivity contribution in [3.8, 4) is 0 Å². The Bertz CT molecular complexity index is 629. The first-order chi connectivity index (χ1) is 9.90. The van der Waals surface area contributed by atoms with Crippen LogP contribution < -0.4 is 5.32 Å². The highest BCUT2D eigenvalue weighted by Crippen LogP contribution is 2.31. The summed E-state index contributed by atoms with van der Waals surface area (Å²) < 4.78 is 0. The summed E-state index contributed by atoms with van der Waals surface area (Å²) in [6, 6.07) is 16.5. The van der Waals surface area contributed by atoms with E-state index in [9.17, 15) is 0 Å². The largest absolute Gasteiger partial charge is 0.306 e. The van der Waals surface area contributed by atoms with E-state index in [1.165, 1.54) is 48.8 Å². The normalized spacial score (nSPS) is 19.9. The maximum absolute atomic E-state index is 3.75. The molecule has 2 aromatic rings. The maximum atomic E-state index is 3.75. The lowest BCUT2D eigenvalue weighted by Crippen LogP contribution is -2.18. The number of hydrogen-bond donors (Lipinski definition) is 1. The maximum Gasteiger partial charge on any atom is 0.0329 e. The van der Waals surface area contributed by atoms with Crippen LogP contribution in [-0.4, -0.2) is 0 Å². The monoisotopic (exact) mass is 263 g/mol. The second kappa shape index (κ2) is 5.06. The molecule has 20 heavy (non-hydrogen) atoms. The highest BCUT2D eigenvalue weighted by molar-refractivity contribution is 5.36. The van der Waals surface area contributed by atoms with Gasteiger partial charge in [0.15, 0.2) is 0 Å². The smallest absolute Gasteiger partial charge is 0.0329 e. The average Bonchev–Trinajstić information content (AvgIpc) is 3.11. The Balaban J connectivity index is 1.46. The fourth-order valence-electron chi connectivity index (χ4n) is 3.75. The van der Waals surface area contributed by atoms with Crippen molar-refractivity contribution in [2.45, 2.75) is 44.7 Å². The zero-order chi connectivity index (χ0) is 13.4. The highest BCUT2D eigenvalue weighted by Gasteiger charge is 2.21. The Hall–Kier alpha value is -1.60. The Kier molecular flexibility index (Phi) is 3.08. The molecule has 1 N–H and O–H groups in total. The van der Waals surface area contributed by atoms with Crippen LogP contribution in [0.5, 0.6) is 0 Å². The fourth-order valence-corrected chi connectivity index (χ4v) is 3.75. The summed E-state index contributed by atoms with van der Waals surface area (Å²) in [7, 11) is 0. The molecule has 2 aliphatic rings. The second-order valence-electron chi connectivity index (χ2n) is 6.13. The van der Waals surface area contributed by atoms with E-state index in [0.717, 1.165) is 6.54 Å². The van der Waals surface area contributed by atoms with E-state index in [1.54, 1.807) is 11.1 Å². The molecule has 0 heterocycles. The van der Waals surface area contributed by atoms with Gasteiger partial charge in [0.25, 0.3) is 0 Å². The summed E-state index contributed by atoms with van der Waals surface area (Å²) in [5, 5.41) is 3.75. The summed E-state index contributed by atoms with van der Waals surface area (Å²) in [5.41, 5.74) is 7.62. The minimum atomic E-state index is 0.541. The molecule has 1 heteroatoms. The Morgan fingerprint density at radius 3 is 2.80 bits per heavy atom. The number of rotatable bonds is 3. The van der Waals surface area contributed by atoms with Crippen molar-refractivity contribution >= 4 is 0 Å². The third-order valence-electron chi connectivity index (χ3n) is 4.85. The molecule has 0 saturated carbocycles. The van der Waals surface area contributed by atoms with Crippen molar-refractivity contribution in [2.24, 2.45) is 0 Å². The Morgan fingerprint density at radius 1 is 0.900 bits per heavy atom. The van der Waals surface area contributed by atoms with Gasteiger partial charge in [-0.05, 0) is 59.9 Å². The van der Waals surface area contributed by atoms with E-state index in [1.807, 2.05) is 0 Å². The van der Waals surface area contributed by atoms with Crippen molar-refractivity contribution in [2.75, 3.05) is 0 Å². The molecule has 0 amide bonds. The predicted molar refractivity (Wildman–Crippen MR) is 82.8 cm³/mol. The van der Waals surface area contributed by atoms with E-state index in [0.29, 0.717) is 6.04 Å². The molecule has 0 aromatic heterocycles. The van der Waals surface area contributed by atoms with Crippen LogP contribution in [0.3, 0.4) is 0 Å². The van der Waals surface area contributed by atoms with Crippen LogP contribution in [0.15, 0.2) is 42.5 Å². The molecule has 0 fully saturated rings. The molecule has 1 unspecified atom stereocenters. The molecule has 1 nitrogen and oxygen atoms in total. The minimum Gasteiger partial charge on any atom is -0.306 e. The lowest BCUT2D eigenvalue weighted by Gasteiger charge is -2.14. The predicted octanol–water partition coefficient (Wildman–Crippen LogP) is 3.95. The molecule has 0 radical (unpaired) electrons. The first-order valence-electron chi connectivity index (χ1n) is 7.82. The Labute approximate surface area is 121 Å². The second-order valence-corrected chi connectivity index (χ2v) is 6.13. The van der Waals surface area contributed by atoms with Crippen LogP contribution in [0.4, 0.5) is 0 Å². The minimum absolute atomic E-state index is 0.541. The van der Waals surface area contributed by atoms with Crippen LogP contribution in [-0.2, 0) is 25.8 Å². The van der Waals surface area contributed by atoms with Crippen molar-refractivity contribution in [3.05, 3.63) is 70.3 Å². The van der Waals surface area contributed by atoms with Gasteiger partial charge >= 0.3 is 0 Å². The molecular formula is C19H21N. The molecular weight excluding hydrogens is 242 g/mol. The van der Waals surface area contributed by atoms with Gasteiger partial charge < -0.3 is 5.32 Å². The van der Waals surface area contributed by atoms with Gasteiger partial charge in [0.2, 0.25) is 0 Å². The standard InChI is InChI=1S/C19H21N/c1-2-7-18-16(4-1)10-11-19(18)20-13-14-8-9-15-5-3-6-17(15)12-14/h1-2,4,7-9,12,19-20H,3,5-6,10-11,13H2. The lowest BCUT2D eigenvalue weighted by molar-refractivity contribution is 0.530.